The molecule has 0 aliphatic heterocycles. The summed E-state index contributed by atoms with van der Waals surface area (Å²) in [4.78, 5) is 15.8. The van der Waals surface area contributed by atoms with Crippen LogP contribution in [0, 0.1) is 17.2 Å². The minimum atomic E-state index is -0.153. The zero-order valence-electron chi connectivity index (χ0n) is 12.1. The lowest BCUT2D eigenvalue weighted by Gasteiger charge is -2.20. The summed E-state index contributed by atoms with van der Waals surface area (Å²) >= 11 is 0. The number of carbonyl (C=O) groups excluding carboxylic acids is 1. The van der Waals surface area contributed by atoms with Gasteiger partial charge in [-0.3, -0.25) is 4.79 Å². The van der Waals surface area contributed by atoms with Crippen LogP contribution in [-0.4, -0.2) is 38.0 Å². The number of rotatable bonds is 5. The summed E-state index contributed by atoms with van der Waals surface area (Å²) in [5.41, 5.74) is 1.74. The molecular weight excluding hydrogens is 238 g/mol. The standard InChI is InChI=1S/C15H21N3O/c1-5-17(3)14-8-6-13(7-9-14)15(19)18(4)11-12(2)10-16/h6-9,12H,5,11H2,1-4H3. The van der Waals surface area contributed by atoms with Gasteiger partial charge in [-0.2, -0.15) is 5.26 Å². The number of nitrogens with zero attached hydrogens (tertiary/aromatic N) is 3. The van der Waals surface area contributed by atoms with Crippen LogP contribution in [0.1, 0.15) is 24.2 Å². The first-order chi connectivity index (χ1) is 8.99. The van der Waals surface area contributed by atoms with E-state index >= 15 is 0 Å². The number of benzene rings is 1. The Kier molecular flexibility index (Phi) is 5.37. The molecule has 0 heterocycles. The fourth-order valence-electron chi connectivity index (χ4n) is 1.80. The molecule has 0 aliphatic rings. The van der Waals surface area contributed by atoms with Crippen LogP contribution in [0.15, 0.2) is 24.3 Å². The van der Waals surface area contributed by atoms with E-state index in [1.807, 2.05) is 38.2 Å². The molecule has 0 spiro atoms. The molecule has 0 saturated carbocycles. The van der Waals surface area contributed by atoms with Gasteiger partial charge in [0.1, 0.15) is 0 Å². The van der Waals surface area contributed by atoms with Gasteiger partial charge in [0, 0.05) is 38.4 Å². The fraction of sp³-hybridized carbons (Fsp3) is 0.467. The molecule has 0 N–H and O–H groups in total. The molecule has 4 nitrogen and oxygen atoms in total. The average molecular weight is 259 g/mol. The number of carbonyl (C=O) groups is 1. The number of hydrogen-bond acceptors (Lipinski definition) is 3. The fourth-order valence-corrected chi connectivity index (χ4v) is 1.80. The first-order valence-corrected chi connectivity index (χ1v) is 6.45. The minimum Gasteiger partial charge on any atom is -0.375 e. The minimum absolute atomic E-state index is 0.0483. The number of anilines is 1. The van der Waals surface area contributed by atoms with E-state index in [0.717, 1.165) is 12.2 Å². The summed E-state index contributed by atoms with van der Waals surface area (Å²) in [5, 5.41) is 8.77. The van der Waals surface area contributed by atoms with Crippen LogP contribution >= 0.6 is 0 Å². The largest absolute Gasteiger partial charge is 0.375 e. The molecule has 1 rings (SSSR count). The van der Waals surface area contributed by atoms with Gasteiger partial charge in [0.25, 0.3) is 5.91 Å². The Balaban J connectivity index is 2.75. The third-order valence-corrected chi connectivity index (χ3v) is 3.14. The second-order valence-corrected chi connectivity index (χ2v) is 4.78. The van der Waals surface area contributed by atoms with Crippen molar-refractivity contribution >= 4 is 11.6 Å². The molecule has 0 saturated heterocycles. The average Bonchev–Trinajstić information content (AvgIpc) is 2.45. The van der Waals surface area contributed by atoms with Gasteiger partial charge in [-0.15, -0.1) is 0 Å². The Bertz CT molecular complexity index is 461. The molecule has 1 aromatic carbocycles. The predicted molar refractivity (Wildman–Crippen MR) is 77.1 cm³/mol. The normalized spacial score (nSPS) is 11.5. The van der Waals surface area contributed by atoms with E-state index in [2.05, 4.69) is 17.9 Å². The molecule has 0 radical (unpaired) electrons. The maximum atomic E-state index is 12.1. The molecule has 4 heteroatoms. The summed E-state index contributed by atoms with van der Waals surface area (Å²) in [7, 11) is 3.74. The third-order valence-electron chi connectivity index (χ3n) is 3.14. The third kappa shape index (κ3) is 3.99. The highest BCUT2D eigenvalue weighted by atomic mass is 16.2. The Morgan fingerprint density at radius 3 is 2.37 bits per heavy atom. The molecule has 19 heavy (non-hydrogen) atoms. The van der Waals surface area contributed by atoms with E-state index in [9.17, 15) is 4.79 Å². The zero-order valence-corrected chi connectivity index (χ0v) is 12.1. The van der Waals surface area contributed by atoms with E-state index in [1.54, 1.807) is 11.9 Å². The second kappa shape index (κ2) is 6.79. The van der Waals surface area contributed by atoms with Gasteiger partial charge >= 0.3 is 0 Å². The molecule has 0 aromatic heterocycles. The number of nitriles is 1. The van der Waals surface area contributed by atoms with E-state index in [0.29, 0.717) is 12.1 Å². The van der Waals surface area contributed by atoms with Crippen molar-refractivity contribution in [3.63, 3.8) is 0 Å². The maximum absolute atomic E-state index is 12.1. The van der Waals surface area contributed by atoms with Crippen LogP contribution < -0.4 is 4.90 Å². The maximum Gasteiger partial charge on any atom is 0.253 e. The van der Waals surface area contributed by atoms with Crippen molar-refractivity contribution < 1.29 is 4.79 Å². The first kappa shape index (κ1) is 15.0. The van der Waals surface area contributed by atoms with Gasteiger partial charge in [-0.05, 0) is 38.1 Å². The molecule has 0 bridgehead atoms. The molecule has 1 amide bonds. The lowest BCUT2D eigenvalue weighted by atomic mass is 10.1. The highest BCUT2D eigenvalue weighted by molar-refractivity contribution is 5.94. The van der Waals surface area contributed by atoms with Gasteiger partial charge in [-0.1, -0.05) is 0 Å². The van der Waals surface area contributed by atoms with Crippen molar-refractivity contribution in [2.24, 2.45) is 5.92 Å². The number of amides is 1. The topological polar surface area (TPSA) is 47.3 Å². The smallest absolute Gasteiger partial charge is 0.253 e. The van der Waals surface area contributed by atoms with Crippen molar-refractivity contribution in [1.29, 1.82) is 5.26 Å². The van der Waals surface area contributed by atoms with Crippen LogP contribution in [0.2, 0.25) is 0 Å². The summed E-state index contributed by atoms with van der Waals surface area (Å²) in [6.45, 7) is 5.26. The molecule has 1 atom stereocenters. The summed E-state index contributed by atoms with van der Waals surface area (Å²) in [5.74, 6) is -0.202. The summed E-state index contributed by atoms with van der Waals surface area (Å²) in [6, 6.07) is 9.68. The van der Waals surface area contributed by atoms with E-state index in [1.165, 1.54) is 0 Å². The highest BCUT2D eigenvalue weighted by Gasteiger charge is 2.14. The molecule has 102 valence electrons. The molecule has 0 aliphatic carbocycles. The van der Waals surface area contributed by atoms with Crippen LogP contribution in [0.4, 0.5) is 5.69 Å². The molecular formula is C15H21N3O. The van der Waals surface area contributed by atoms with Crippen molar-refractivity contribution in [2.75, 3.05) is 32.1 Å². The Morgan fingerprint density at radius 1 is 1.32 bits per heavy atom. The van der Waals surface area contributed by atoms with Crippen molar-refractivity contribution in [3.05, 3.63) is 29.8 Å². The summed E-state index contributed by atoms with van der Waals surface area (Å²) in [6.07, 6.45) is 0. The predicted octanol–water partition coefficient (Wildman–Crippen LogP) is 2.37. The number of hydrogen-bond donors (Lipinski definition) is 0. The van der Waals surface area contributed by atoms with E-state index in [-0.39, 0.29) is 11.8 Å². The lowest BCUT2D eigenvalue weighted by Crippen LogP contribution is -2.30. The van der Waals surface area contributed by atoms with Gasteiger partial charge in [0.15, 0.2) is 0 Å². The van der Waals surface area contributed by atoms with Crippen LogP contribution in [-0.2, 0) is 0 Å². The van der Waals surface area contributed by atoms with Crippen molar-refractivity contribution in [3.8, 4) is 6.07 Å². The van der Waals surface area contributed by atoms with Crippen LogP contribution in [0.3, 0.4) is 0 Å². The molecule has 0 fully saturated rings. The second-order valence-electron chi connectivity index (χ2n) is 4.78. The summed E-state index contributed by atoms with van der Waals surface area (Å²) < 4.78 is 0. The zero-order chi connectivity index (χ0) is 14.4. The van der Waals surface area contributed by atoms with Crippen LogP contribution in [0.5, 0.6) is 0 Å². The van der Waals surface area contributed by atoms with E-state index in [4.69, 9.17) is 5.26 Å². The Hall–Kier alpha value is -2.02. The Morgan fingerprint density at radius 2 is 1.89 bits per heavy atom. The lowest BCUT2D eigenvalue weighted by molar-refractivity contribution is 0.0785. The highest BCUT2D eigenvalue weighted by Crippen LogP contribution is 2.14. The molecule has 1 unspecified atom stereocenters. The molecule has 1 aromatic rings. The van der Waals surface area contributed by atoms with Gasteiger partial charge in [0.05, 0.1) is 12.0 Å². The van der Waals surface area contributed by atoms with Crippen molar-refractivity contribution in [1.82, 2.24) is 4.90 Å². The SMILES string of the molecule is CCN(C)c1ccc(C(=O)N(C)CC(C)C#N)cc1. The monoisotopic (exact) mass is 259 g/mol. The van der Waals surface area contributed by atoms with Gasteiger partial charge < -0.3 is 9.80 Å². The first-order valence-electron chi connectivity index (χ1n) is 6.45. The Labute approximate surface area is 115 Å². The van der Waals surface area contributed by atoms with Crippen LogP contribution in [0.25, 0.3) is 0 Å². The van der Waals surface area contributed by atoms with Gasteiger partial charge in [-0.25, -0.2) is 0 Å². The van der Waals surface area contributed by atoms with Gasteiger partial charge in [0.2, 0.25) is 0 Å². The van der Waals surface area contributed by atoms with E-state index < -0.39 is 0 Å². The quantitative estimate of drug-likeness (QED) is 0.815. The van der Waals surface area contributed by atoms with Crippen molar-refractivity contribution in [2.45, 2.75) is 13.8 Å².